The first-order chi connectivity index (χ1) is 4.72. The maximum absolute atomic E-state index is 10.8. The summed E-state index contributed by atoms with van der Waals surface area (Å²) in [6.45, 7) is 1.49. The van der Waals surface area contributed by atoms with Crippen molar-refractivity contribution >= 4 is 17.8 Å². The number of carbonyl (C=O) groups excluding carboxylic acids is 2. The van der Waals surface area contributed by atoms with E-state index < -0.39 is 0 Å². The lowest BCUT2D eigenvalue weighted by atomic mass is 10.1. The number of rotatable bonds is 1. The minimum Gasteiger partial charge on any atom is -0.294 e. The fourth-order valence-electron chi connectivity index (χ4n) is 0.755. The van der Waals surface area contributed by atoms with Gasteiger partial charge in [0.05, 0.1) is 5.57 Å². The van der Waals surface area contributed by atoms with Gasteiger partial charge in [-0.05, 0) is 13.0 Å². The lowest BCUT2D eigenvalue weighted by molar-refractivity contribution is -0.119. The highest BCUT2D eigenvalue weighted by atomic mass is 16.1. The van der Waals surface area contributed by atoms with E-state index in [1.165, 1.54) is 19.2 Å². The van der Waals surface area contributed by atoms with Crippen molar-refractivity contribution in [3.8, 4) is 0 Å². The van der Waals surface area contributed by atoms with Crippen LogP contribution < -0.4 is 0 Å². The van der Waals surface area contributed by atoms with Gasteiger partial charge in [-0.25, -0.2) is 0 Å². The van der Waals surface area contributed by atoms with E-state index in [0.29, 0.717) is 0 Å². The lowest BCUT2D eigenvalue weighted by Gasteiger charge is -2.01. The molecule has 0 amide bonds. The highest BCUT2D eigenvalue weighted by molar-refractivity contribution is 6.23. The Balaban J connectivity index is 2.91. The van der Waals surface area contributed by atoms with Crippen molar-refractivity contribution in [1.29, 1.82) is 0 Å². The molecule has 0 unspecified atom stereocenters. The number of hydrogen-bond acceptors (Lipinski definition) is 3. The molecule has 0 bridgehead atoms. The molecule has 1 aliphatic rings. The minimum absolute atomic E-state index is 0.116. The number of Topliss-reactive ketones (excluding diaryl/α,β-unsaturated/α-hetero) is 2. The molecule has 0 atom stereocenters. The van der Waals surface area contributed by atoms with Gasteiger partial charge < -0.3 is 0 Å². The maximum Gasteiger partial charge on any atom is 0.187 e. The van der Waals surface area contributed by atoms with Gasteiger partial charge in [0.15, 0.2) is 11.6 Å². The van der Waals surface area contributed by atoms with Gasteiger partial charge in [0.2, 0.25) is 0 Å². The maximum atomic E-state index is 10.8. The first-order valence-electron chi connectivity index (χ1n) is 2.96. The van der Waals surface area contributed by atoms with Crippen LogP contribution in [0.5, 0.6) is 0 Å². The summed E-state index contributed by atoms with van der Waals surface area (Å²) >= 11 is 0. The van der Waals surface area contributed by atoms with Crippen LogP contribution in [0.25, 0.3) is 0 Å². The highest BCUT2D eigenvalue weighted by Crippen LogP contribution is 2.01. The molecule has 0 aromatic carbocycles. The second-order valence-corrected chi connectivity index (χ2v) is 2.05. The van der Waals surface area contributed by atoms with Crippen LogP contribution in [-0.4, -0.2) is 24.3 Å². The Morgan fingerprint density at radius 3 is 2.80 bits per heavy atom. The number of hydrogen-bond donors (Lipinski definition) is 0. The molecule has 0 N–H and O–H groups in total. The Bertz CT molecular complexity index is 238. The summed E-state index contributed by atoms with van der Waals surface area (Å²) in [6, 6.07) is 0. The summed E-state index contributed by atoms with van der Waals surface area (Å²) in [5.41, 5.74) is 0.259. The van der Waals surface area contributed by atoms with Gasteiger partial charge >= 0.3 is 0 Å². The van der Waals surface area contributed by atoms with Gasteiger partial charge in [0.1, 0.15) is 6.54 Å². The monoisotopic (exact) mass is 137 g/mol. The Morgan fingerprint density at radius 1 is 1.70 bits per heavy atom. The molecule has 0 saturated heterocycles. The van der Waals surface area contributed by atoms with Gasteiger partial charge in [-0.2, -0.15) is 0 Å². The summed E-state index contributed by atoms with van der Waals surface area (Å²) < 4.78 is 0. The molecule has 10 heavy (non-hydrogen) atoms. The third-order valence-electron chi connectivity index (χ3n) is 1.26. The molecule has 0 radical (unpaired) electrons. The first-order valence-corrected chi connectivity index (χ1v) is 2.96. The van der Waals surface area contributed by atoms with E-state index in [4.69, 9.17) is 0 Å². The number of dihydropyridines is 1. The highest BCUT2D eigenvalue weighted by Gasteiger charge is 2.14. The largest absolute Gasteiger partial charge is 0.294 e. The van der Waals surface area contributed by atoms with E-state index >= 15 is 0 Å². The summed E-state index contributed by atoms with van der Waals surface area (Å²) in [6.07, 6.45) is 2.94. The predicted octanol–water partition coefficient (Wildman–Crippen LogP) is 0.155. The molecule has 0 aromatic rings. The van der Waals surface area contributed by atoms with Crippen LogP contribution in [0, 0.1) is 0 Å². The molecule has 0 aliphatic carbocycles. The molecule has 3 nitrogen and oxygen atoms in total. The number of allylic oxidation sites excluding steroid dienone is 1. The third kappa shape index (κ3) is 1.18. The number of ketones is 2. The molecule has 1 rings (SSSR count). The third-order valence-corrected chi connectivity index (χ3v) is 1.26. The summed E-state index contributed by atoms with van der Waals surface area (Å²) in [5.74, 6) is -0.369. The quantitative estimate of drug-likeness (QED) is 0.483. The molecule has 0 saturated carbocycles. The normalized spacial score (nSPS) is 16.9. The van der Waals surface area contributed by atoms with Crippen LogP contribution in [0.4, 0.5) is 0 Å². The molecule has 0 spiro atoms. The van der Waals surface area contributed by atoms with Gasteiger partial charge in [-0.15, -0.1) is 0 Å². The van der Waals surface area contributed by atoms with E-state index in [0.717, 1.165) is 0 Å². The van der Waals surface area contributed by atoms with E-state index in [2.05, 4.69) is 4.99 Å². The number of nitrogens with zero attached hydrogens (tertiary/aromatic N) is 1. The van der Waals surface area contributed by atoms with Crippen LogP contribution in [0.15, 0.2) is 16.6 Å². The Labute approximate surface area is 58.5 Å². The van der Waals surface area contributed by atoms with Crippen molar-refractivity contribution < 1.29 is 9.59 Å². The van der Waals surface area contributed by atoms with Crippen molar-refractivity contribution in [1.82, 2.24) is 0 Å². The van der Waals surface area contributed by atoms with Crippen LogP contribution in [0.1, 0.15) is 6.92 Å². The number of aliphatic imine (C=N–C) groups is 1. The van der Waals surface area contributed by atoms with Crippen molar-refractivity contribution in [2.75, 3.05) is 6.54 Å². The van der Waals surface area contributed by atoms with Gasteiger partial charge in [-0.1, -0.05) is 0 Å². The Morgan fingerprint density at radius 2 is 2.40 bits per heavy atom. The van der Waals surface area contributed by atoms with E-state index in [9.17, 15) is 9.59 Å². The van der Waals surface area contributed by atoms with E-state index in [1.807, 2.05) is 0 Å². The predicted molar refractivity (Wildman–Crippen MR) is 37.1 cm³/mol. The molecular formula is C7H7NO2. The molecule has 1 aliphatic heterocycles. The average molecular weight is 137 g/mol. The topological polar surface area (TPSA) is 46.5 Å². The van der Waals surface area contributed by atoms with Gasteiger partial charge in [0, 0.05) is 6.21 Å². The zero-order valence-electron chi connectivity index (χ0n) is 5.63. The molecule has 52 valence electrons. The zero-order valence-corrected chi connectivity index (χ0v) is 5.63. The smallest absolute Gasteiger partial charge is 0.187 e. The number of carbonyl (C=O) groups is 2. The summed E-state index contributed by atoms with van der Waals surface area (Å²) in [5, 5.41) is 0. The fourth-order valence-corrected chi connectivity index (χ4v) is 0.755. The lowest BCUT2D eigenvalue weighted by Crippen LogP contribution is -2.16. The van der Waals surface area contributed by atoms with Crippen molar-refractivity contribution in [3.05, 3.63) is 11.6 Å². The fraction of sp³-hybridized carbons (Fsp3) is 0.286. The molecule has 1 heterocycles. The van der Waals surface area contributed by atoms with Crippen LogP contribution in [0.2, 0.25) is 0 Å². The standard InChI is InChI=1S/C7H7NO2/c1-5(9)6-2-3-8-4-7(6)10/h2-3H,4H2,1H3. The SMILES string of the molecule is CC(=O)C1=CC=NCC1=O. The average Bonchev–Trinajstić information content (AvgIpc) is 1.88. The van der Waals surface area contributed by atoms with E-state index in [-0.39, 0.29) is 23.7 Å². The zero-order chi connectivity index (χ0) is 7.56. The van der Waals surface area contributed by atoms with Crippen molar-refractivity contribution in [2.24, 2.45) is 4.99 Å². The summed E-state index contributed by atoms with van der Waals surface area (Å²) in [7, 11) is 0. The first kappa shape index (κ1) is 6.86. The van der Waals surface area contributed by atoms with Gasteiger partial charge in [0.25, 0.3) is 0 Å². The molecular weight excluding hydrogens is 130 g/mol. The van der Waals surface area contributed by atoms with Crippen LogP contribution >= 0.6 is 0 Å². The molecule has 0 fully saturated rings. The Hall–Kier alpha value is -1.25. The van der Waals surface area contributed by atoms with Crippen LogP contribution in [0.3, 0.4) is 0 Å². The summed E-state index contributed by atoms with van der Waals surface area (Å²) in [4.78, 5) is 25.2. The minimum atomic E-state index is -0.185. The second kappa shape index (κ2) is 2.56. The van der Waals surface area contributed by atoms with Crippen molar-refractivity contribution in [2.45, 2.75) is 6.92 Å². The van der Waals surface area contributed by atoms with E-state index in [1.54, 1.807) is 0 Å². The van der Waals surface area contributed by atoms with Gasteiger partial charge in [-0.3, -0.25) is 14.6 Å². The van der Waals surface area contributed by atoms with Crippen molar-refractivity contribution in [3.63, 3.8) is 0 Å². The van der Waals surface area contributed by atoms with Crippen LogP contribution in [-0.2, 0) is 9.59 Å². The second-order valence-electron chi connectivity index (χ2n) is 2.05. The Kier molecular flexibility index (Phi) is 1.76. The molecule has 3 heteroatoms. The molecule has 0 aromatic heterocycles.